The van der Waals surface area contributed by atoms with Crippen molar-refractivity contribution in [1.82, 2.24) is 10.3 Å². The number of hydrogen-bond donors (Lipinski definition) is 1. The highest BCUT2D eigenvalue weighted by atomic mass is 35.5. The molecule has 4 nitrogen and oxygen atoms in total. The van der Waals surface area contributed by atoms with E-state index in [4.69, 9.17) is 16.3 Å². The second kappa shape index (κ2) is 7.89. The topological polar surface area (TPSA) is 51.2 Å². The van der Waals surface area contributed by atoms with Crippen molar-refractivity contribution in [1.29, 1.82) is 0 Å². The summed E-state index contributed by atoms with van der Waals surface area (Å²) in [7, 11) is 0. The van der Waals surface area contributed by atoms with Crippen LogP contribution in [0, 0.1) is 0 Å². The van der Waals surface area contributed by atoms with Crippen molar-refractivity contribution < 1.29 is 9.53 Å². The van der Waals surface area contributed by atoms with E-state index in [-0.39, 0.29) is 5.91 Å². The van der Waals surface area contributed by atoms with Crippen LogP contribution in [0.5, 0.6) is 5.75 Å². The van der Waals surface area contributed by atoms with Gasteiger partial charge in [-0.25, -0.2) is 4.98 Å². The molecule has 0 spiro atoms. The number of benzene rings is 2. The average Bonchev–Trinajstić information content (AvgIpc) is 3.11. The van der Waals surface area contributed by atoms with E-state index in [1.165, 1.54) is 0 Å². The normalized spacial score (nSPS) is 11.2. The SMILES string of the molecule is CC(C)(Oc1ccc(Cl)cc1)C(=O)NCc1csc(-c2ccccc2)n1. The Labute approximate surface area is 161 Å². The highest BCUT2D eigenvalue weighted by Gasteiger charge is 2.29. The molecule has 0 aliphatic carbocycles. The zero-order chi connectivity index (χ0) is 18.6. The van der Waals surface area contributed by atoms with Crippen molar-refractivity contribution in [2.24, 2.45) is 0 Å². The van der Waals surface area contributed by atoms with Crippen LogP contribution in [-0.4, -0.2) is 16.5 Å². The summed E-state index contributed by atoms with van der Waals surface area (Å²) in [4.78, 5) is 17.1. The summed E-state index contributed by atoms with van der Waals surface area (Å²) in [6.45, 7) is 3.82. The number of hydrogen-bond acceptors (Lipinski definition) is 4. The Morgan fingerprint density at radius 3 is 2.54 bits per heavy atom. The number of nitrogens with one attached hydrogen (secondary N) is 1. The lowest BCUT2D eigenvalue weighted by Crippen LogP contribution is -2.46. The predicted octanol–water partition coefficient (Wildman–Crippen LogP) is 4.94. The monoisotopic (exact) mass is 386 g/mol. The Morgan fingerprint density at radius 1 is 1.15 bits per heavy atom. The first-order valence-electron chi connectivity index (χ1n) is 8.17. The molecule has 0 aliphatic rings. The van der Waals surface area contributed by atoms with E-state index in [2.05, 4.69) is 10.3 Å². The van der Waals surface area contributed by atoms with Crippen molar-refractivity contribution >= 4 is 28.8 Å². The van der Waals surface area contributed by atoms with Crippen LogP contribution < -0.4 is 10.1 Å². The summed E-state index contributed by atoms with van der Waals surface area (Å²) in [5.41, 5.74) is 0.887. The second-order valence-corrected chi connectivity index (χ2v) is 7.55. The number of carbonyl (C=O) groups is 1. The van der Waals surface area contributed by atoms with Gasteiger partial charge < -0.3 is 10.1 Å². The fourth-order valence-electron chi connectivity index (χ4n) is 2.33. The molecule has 1 N–H and O–H groups in total. The van der Waals surface area contributed by atoms with Gasteiger partial charge >= 0.3 is 0 Å². The van der Waals surface area contributed by atoms with Crippen molar-refractivity contribution in [2.45, 2.75) is 26.0 Å². The molecule has 3 aromatic rings. The minimum atomic E-state index is -1.01. The van der Waals surface area contributed by atoms with E-state index in [1.54, 1.807) is 49.4 Å². The zero-order valence-electron chi connectivity index (χ0n) is 14.5. The molecule has 0 saturated carbocycles. The van der Waals surface area contributed by atoms with Crippen LogP contribution in [0.1, 0.15) is 19.5 Å². The molecule has 26 heavy (non-hydrogen) atoms. The number of halogens is 1. The molecule has 2 aromatic carbocycles. The molecule has 1 aromatic heterocycles. The number of aromatic nitrogens is 1. The van der Waals surface area contributed by atoms with E-state index < -0.39 is 5.60 Å². The van der Waals surface area contributed by atoms with Crippen LogP contribution in [0.2, 0.25) is 5.02 Å². The number of ether oxygens (including phenoxy) is 1. The molecule has 0 fully saturated rings. The van der Waals surface area contributed by atoms with Crippen LogP contribution in [0.25, 0.3) is 10.6 Å². The molecule has 3 rings (SSSR count). The van der Waals surface area contributed by atoms with Crippen LogP contribution in [0.4, 0.5) is 0 Å². The smallest absolute Gasteiger partial charge is 0.263 e. The van der Waals surface area contributed by atoms with Crippen molar-refractivity contribution in [3.05, 3.63) is 70.7 Å². The van der Waals surface area contributed by atoms with Crippen LogP contribution in [0.15, 0.2) is 60.0 Å². The van der Waals surface area contributed by atoms with E-state index in [0.29, 0.717) is 17.3 Å². The molecule has 134 valence electrons. The molecule has 1 amide bonds. The van der Waals surface area contributed by atoms with Crippen molar-refractivity contribution in [3.8, 4) is 16.3 Å². The molecule has 0 unspecified atom stereocenters. The van der Waals surface area contributed by atoms with Gasteiger partial charge in [-0.1, -0.05) is 41.9 Å². The highest BCUT2D eigenvalue weighted by Crippen LogP contribution is 2.24. The van der Waals surface area contributed by atoms with Crippen LogP contribution in [-0.2, 0) is 11.3 Å². The minimum Gasteiger partial charge on any atom is -0.478 e. The molecule has 1 heterocycles. The summed E-state index contributed by atoms with van der Waals surface area (Å²) in [6.07, 6.45) is 0. The lowest BCUT2D eigenvalue weighted by molar-refractivity contribution is -0.134. The van der Waals surface area contributed by atoms with Gasteiger partial charge in [-0.3, -0.25) is 4.79 Å². The van der Waals surface area contributed by atoms with Gasteiger partial charge in [-0.05, 0) is 38.1 Å². The van der Waals surface area contributed by atoms with E-state index in [9.17, 15) is 4.79 Å². The molecule has 0 saturated heterocycles. The first-order chi connectivity index (χ1) is 12.4. The largest absolute Gasteiger partial charge is 0.478 e. The van der Waals surface area contributed by atoms with Crippen molar-refractivity contribution in [2.75, 3.05) is 0 Å². The Morgan fingerprint density at radius 2 is 1.85 bits per heavy atom. The van der Waals surface area contributed by atoms with Gasteiger partial charge in [0.05, 0.1) is 12.2 Å². The maximum absolute atomic E-state index is 12.5. The summed E-state index contributed by atoms with van der Waals surface area (Å²) >= 11 is 7.43. The number of nitrogens with zero attached hydrogens (tertiary/aromatic N) is 1. The Bertz CT molecular complexity index is 876. The molecule has 0 atom stereocenters. The van der Waals surface area contributed by atoms with Gasteiger partial charge in [0.1, 0.15) is 10.8 Å². The molecular formula is C20H19ClN2O2S. The standard InChI is InChI=1S/C20H19ClN2O2S/c1-20(2,25-17-10-8-15(21)9-11-17)19(24)22-12-16-13-26-18(23-16)14-6-4-3-5-7-14/h3-11,13H,12H2,1-2H3,(H,22,24). The maximum atomic E-state index is 12.5. The number of carbonyl (C=O) groups excluding carboxylic acids is 1. The highest BCUT2D eigenvalue weighted by molar-refractivity contribution is 7.13. The van der Waals surface area contributed by atoms with Gasteiger partial charge in [-0.2, -0.15) is 0 Å². The minimum absolute atomic E-state index is 0.207. The van der Waals surface area contributed by atoms with E-state index in [1.807, 2.05) is 35.7 Å². The van der Waals surface area contributed by atoms with E-state index >= 15 is 0 Å². The number of rotatable bonds is 6. The second-order valence-electron chi connectivity index (χ2n) is 6.26. The maximum Gasteiger partial charge on any atom is 0.263 e. The molecule has 0 bridgehead atoms. The predicted molar refractivity (Wildman–Crippen MR) is 106 cm³/mol. The fraction of sp³-hybridized carbons (Fsp3) is 0.200. The molecule has 0 aliphatic heterocycles. The summed E-state index contributed by atoms with van der Waals surface area (Å²) in [6, 6.07) is 16.9. The van der Waals surface area contributed by atoms with Gasteiger partial charge in [0.15, 0.2) is 5.60 Å². The molecular weight excluding hydrogens is 368 g/mol. The Kier molecular flexibility index (Phi) is 5.59. The molecule has 6 heteroatoms. The quantitative estimate of drug-likeness (QED) is 0.653. The summed E-state index contributed by atoms with van der Waals surface area (Å²) in [5.74, 6) is 0.385. The Balaban J connectivity index is 1.59. The van der Waals surface area contributed by atoms with Gasteiger partial charge in [-0.15, -0.1) is 11.3 Å². The molecule has 0 radical (unpaired) electrons. The third-order valence-corrected chi connectivity index (χ3v) is 4.93. The zero-order valence-corrected chi connectivity index (χ0v) is 16.1. The first kappa shape index (κ1) is 18.4. The third-order valence-electron chi connectivity index (χ3n) is 3.74. The average molecular weight is 387 g/mol. The van der Waals surface area contributed by atoms with Crippen LogP contribution in [0.3, 0.4) is 0 Å². The number of amides is 1. The van der Waals surface area contributed by atoms with Gasteiger partial charge in [0, 0.05) is 16.0 Å². The Hall–Kier alpha value is -2.37. The van der Waals surface area contributed by atoms with Crippen LogP contribution >= 0.6 is 22.9 Å². The summed E-state index contributed by atoms with van der Waals surface area (Å²) < 4.78 is 5.79. The number of thiazole rings is 1. The first-order valence-corrected chi connectivity index (χ1v) is 9.42. The lowest BCUT2D eigenvalue weighted by Gasteiger charge is -2.25. The van der Waals surface area contributed by atoms with Crippen molar-refractivity contribution in [3.63, 3.8) is 0 Å². The van der Waals surface area contributed by atoms with Gasteiger partial charge in [0.25, 0.3) is 5.91 Å². The third kappa shape index (κ3) is 4.62. The fourth-order valence-corrected chi connectivity index (χ4v) is 3.28. The van der Waals surface area contributed by atoms with Gasteiger partial charge in [0.2, 0.25) is 0 Å². The van der Waals surface area contributed by atoms with E-state index in [0.717, 1.165) is 16.3 Å². The summed E-state index contributed by atoms with van der Waals surface area (Å²) in [5, 5.41) is 6.40. The lowest BCUT2D eigenvalue weighted by atomic mass is 10.1.